The highest BCUT2D eigenvalue weighted by molar-refractivity contribution is 6.09. The molecule has 0 saturated heterocycles. The SMILES string of the molecule is NC(=O)N1CCC2=C(CN(CCCO)C(=O)N2c2cccc(C(F)(F)F)c2)C1=O. The highest BCUT2D eigenvalue weighted by atomic mass is 19.4. The number of alkyl halides is 3. The van der Waals surface area contributed by atoms with Crippen molar-refractivity contribution >= 4 is 23.7 Å². The molecular weight excluding hydrogens is 393 g/mol. The Morgan fingerprint density at radius 2 is 1.97 bits per heavy atom. The van der Waals surface area contributed by atoms with Gasteiger partial charge in [-0.2, -0.15) is 13.2 Å². The van der Waals surface area contributed by atoms with Crippen LogP contribution in [0.15, 0.2) is 35.5 Å². The van der Waals surface area contributed by atoms with Gasteiger partial charge < -0.3 is 15.7 Å². The zero-order valence-corrected chi connectivity index (χ0v) is 15.3. The number of nitrogens with two attached hydrogens (primary N) is 1. The summed E-state index contributed by atoms with van der Waals surface area (Å²) in [7, 11) is 0. The van der Waals surface area contributed by atoms with Crippen molar-refractivity contribution in [2.24, 2.45) is 5.73 Å². The molecule has 8 nitrogen and oxygen atoms in total. The highest BCUT2D eigenvalue weighted by Crippen LogP contribution is 2.36. The number of halogens is 3. The molecule has 0 aliphatic carbocycles. The third-order valence-corrected chi connectivity index (χ3v) is 4.79. The molecule has 0 aromatic heterocycles. The first-order valence-electron chi connectivity index (χ1n) is 8.85. The van der Waals surface area contributed by atoms with E-state index in [0.717, 1.165) is 21.9 Å². The maximum absolute atomic E-state index is 13.1. The predicted octanol–water partition coefficient (Wildman–Crippen LogP) is 1.89. The van der Waals surface area contributed by atoms with E-state index in [2.05, 4.69) is 0 Å². The molecule has 156 valence electrons. The molecule has 5 amide bonds. The van der Waals surface area contributed by atoms with E-state index in [0.29, 0.717) is 0 Å². The van der Waals surface area contributed by atoms with Crippen LogP contribution in [0.25, 0.3) is 0 Å². The van der Waals surface area contributed by atoms with Gasteiger partial charge in [0.05, 0.1) is 23.4 Å². The molecule has 0 atom stereocenters. The number of rotatable bonds is 4. The lowest BCUT2D eigenvalue weighted by atomic mass is 10.00. The van der Waals surface area contributed by atoms with E-state index in [1.54, 1.807) is 0 Å². The third kappa shape index (κ3) is 3.90. The zero-order valence-electron chi connectivity index (χ0n) is 15.3. The second kappa shape index (κ2) is 7.74. The van der Waals surface area contributed by atoms with Gasteiger partial charge >= 0.3 is 18.2 Å². The van der Waals surface area contributed by atoms with Gasteiger partial charge in [-0.3, -0.25) is 14.6 Å². The van der Waals surface area contributed by atoms with Gasteiger partial charge in [0.25, 0.3) is 5.91 Å². The van der Waals surface area contributed by atoms with Crippen LogP contribution in [0, 0.1) is 0 Å². The summed E-state index contributed by atoms with van der Waals surface area (Å²) in [6, 6.07) is 2.71. The first-order valence-corrected chi connectivity index (χ1v) is 8.85. The number of carbonyl (C=O) groups excluding carboxylic acids is 3. The number of nitrogens with zero attached hydrogens (tertiary/aromatic N) is 3. The minimum Gasteiger partial charge on any atom is -0.396 e. The van der Waals surface area contributed by atoms with Crippen molar-refractivity contribution in [3.05, 3.63) is 41.1 Å². The van der Waals surface area contributed by atoms with Crippen LogP contribution < -0.4 is 10.6 Å². The average molecular weight is 412 g/mol. The second-order valence-corrected chi connectivity index (χ2v) is 6.64. The van der Waals surface area contributed by atoms with E-state index in [4.69, 9.17) is 10.8 Å². The fourth-order valence-corrected chi connectivity index (χ4v) is 3.41. The number of hydrogen-bond donors (Lipinski definition) is 2. The fourth-order valence-electron chi connectivity index (χ4n) is 3.41. The van der Waals surface area contributed by atoms with E-state index in [1.807, 2.05) is 0 Å². The number of aliphatic hydroxyl groups excluding tert-OH is 1. The summed E-state index contributed by atoms with van der Waals surface area (Å²) in [6.07, 6.45) is -4.30. The fraction of sp³-hybridized carbons (Fsp3) is 0.389. The number of anilines is 1. The predicted molar refractivity (Wildman–Crippen MR) is 95.5 cm³/mol. The molecule has 0 saturated carbocycles. The molecule has 11 heteroatoms. The van der Waals surface area contributed by atoms with E-state index in [1.165, 1.54) is 17.0 Å². The Labute approximate surface area is 164 Å². The third-order valence-electron chi connectivity index (χ3n) is 4.79. The quantitative estimate of drug-likeness (QED) is 0.788. The van der Waals surface area contributed by atoms with Gasteiger partial charge in [0.1, 0.15) is 0 Å². The maximum atomic E-state index is 13.1. The van der Waals surface area contributed by atoms with Crippen molar-refractivity contribution in [1.82, 2.24) is 9.80 Å². The number of urea groups is 2. The number of hydrogen-bond acceptors (Lipinski definition) is 4. The lowest BCUT2D eigenvalue weighted by Gasteiger charge is -2.41. The lowest BCUT2D eigenvalue weighted by Crippen LogP contribution is -2.55. The van der Waals surface area contributed by atoms with Gasteiger partial charge in [-0.05, 0) is 24.6 Å². The second-order valence-electron chi connectivity index (χ2n) is 6.64. The van der Waals surface area contributed by atoms with E-state index in [9.17, 15) is 27.6 Å². The summed E-state index contributed by atoms with van der Waals surface area (Å²) < 4.78 is 39.4. The summed E-state index contributed by atoms with van der Waals surface area (Å²) >= 11 is 0. The van der Waals surface area contributed by atoms with E-state index >= 15 is 0 Å². The van der Waals surface area contributed by atoms with Crippen LogP contribution in [0.5, 0.6) is 0 Å². The molecule has 2 aliphatic heterocycles. The van der Waals surface area contributed by atoms with Gasteiger partial charge in [0, 0.05) is 31.8 Å². The molecule has 2 heterocycles. The molecule has 0 radical (unpaired) electrons. The van der Waals surface area contributed by atoms with Crippen molar-refractivity contribution in [1.29, 1.82) is 0 Å². The number of aliphatic hydroxyl groups is 1. The molecule has 0 unspecified atom stereocenters. The van der Waals surface area contributed by atoms with Crippen molar-refractivity contribution in [3.8, 4) is 0 Å². The number of benzene rings is 1. The molecule has 3 N–H and O–H groups in total. The number of imide groups is 1. The Bertz CT molecular complexity index is 884. The first-order chi connectivity index (χ1) is 13.6. The molecule has 29 heavy (non-hydrogen) atoms. The van der Waals surface area contributed by atoms with E-state index < -0.39 is 29.7 Å². The first kappa shape index (κ1) is 20.6. The van der Waals surface area contributed by atoms with Crippen LogP contribution >= 0.6 is 0 Å². The Morgan fingerprint density at radius 3 is 2.59 bits per heavy atom. The van der Waals surface area contributed by atoms with Crippen LogP contribution in [0.1, 0.15) is 18.4 Å². The van der Waals surface area contributed by atoms with Crippen LogP contribution in [0.4, 0.5) is 28.4 Å². The van der Waals surface area contributed by atoms with Crippen molar-refractivity contribution in [2.45, 2.75) is 19.0 Å². The monoisotopic (exact) mass is 412 g/mol. The van der Waals surface area contributed by atoms with Crippen LogP contribution in [0.3, 0.4) is 0 Å². The van der Waals surface area contributed by atoms with Gasteiger partial charge in [-0.1, -0.05) is 6.07 Å². The molecular formula is C18H19F3N4O4. The minimum atomic E-state index is -4.60. The summed E-state index contributed by atoms with van der Waals surface area (Å²) in [6.45, 7) is -0.315. The molecule has 1 aromatic rings. The molecule has 1 aromatic carbocycles. The summed E-state index contributed by atoms with van der Waals surface area (Å²) in [5.41, 5.74) is 4.62. The molecule has 0 fully saturated rings. The van der Waals surface area contributed by atoms with Gasteiger partial charge in [-0.25, -0.2) is 9.59 Å². The van der Waals surface area contributed by atoms with E-state index in [-0.39, 0.29) is 56.0 Å². The molecule has 2 aliphatic rings. The summed E-state index contributed by atoms with van der Waals surface area (Å²) in [4.78, 5) is 40.4. The topological polar surface area (TPSA) is 107 Å². The van der Waals surface area contributed by atoms with Crippen LogP contribution in [0.2, 0.25) is 0 Å². The Morgan fingerprint density at radius 1 is 1.24 bits per heavy atom. The highest BCUT2D eigenvalue weighted by Gasteiger charge is 2.41. The van der Waals surface area contributed by atoms with Gasteiger partial charge in [0.2, 0.25) is 0 Å². The summed E-state index contributed by atoms with van der Waals surface area (Å²) in [5, 5.41) is 9.07. The normalized spacial score (nSPS) is 17.7. The lowest BCUT2D eigenvalue weighted by molar-refractivity contribution is -0.137. The Hall–Kier alpha value is -3.08. The smallest absolute Gasteiger partial charge is 0.396 e. The number of carbonyl (C=O) groups is 3. The van der Waals surface area contributed by atoms with Crippen molar-refractivity contribution in [2.75, 3.05) is 31.1 Å². The Balaban J connectivity index is 2.09. The summed E-state index contributed by atoms with van der Waals surface area (Å²) in [5.74, 6) is -0.683. The minimum absolute atomic E-state index is 0.0358. The van der Waals surface area contributed by atoms with Crippen LogP contribution in [-0.4, -0.2) is 59.1 Å². The molecule has 0 bridgehead atoms. The largest absolute Gasteiger partial charge is 0.416 e. The Kier molecular flexibility index (Phi) is 5.51. The van der Waals surface area contributed by atoms with Crippen LogP contribution in [-0.2, 0) is 11.0 Å². The standard InChI is InChI=1S/C18H19F3N4O4/c19-18(20,21)11-3-1-4-12(9-11)25-14-5-7-24(16(22)28)15(27)13(14)10-23(17(25)29)6-2-8-26/h1,3-4,9,26H,2,5-8,10H2,(H2,22,28). The number of amides is 5. The average Bonchev–Trinajstić information content (AvgIpc) is 2.66. The zero-order chi connectivity index (χ0) is 21.3. The molecule has 0 spiro atoms. The van der Waals surface area contributed by atoms with Gasteiger partial charge in [-0.15, -0.1) is 0 Å². The van der Waals surface area contributed by atoms with Crippen molar-refractivity contribution < 1.29 is 32.7 Å². The number of primary amides is 1. The van der Waals surface area contributed by atoms with Gasteiger partial charge in [0.15, 0.2) is 0 Å². The molecule has 3 rings (SSSR count). The van der Waals surface area contributed by atoms with Crippen molar-refractivity contribution in [3.63, 3.8) is 0 Å². The maximum Gasteiger partial charge on any atom is 0.416 e.